The molecule has 0 fully saturated rings. The van der Waals surface area contributed by atoms with Crippen LogP contribution in [0.3, 0.4) is 0 Å². The summed E-state index contributed by atoms with van der Waals surface area (Å²) >= 11 is 11.8. The number of nitrogens with one attached hydrogen (secondary N) is 1. The number of anilines is 2. The Morgan fingerprint density at radius 1 is 1.19 bits per heavy atom. The van der Waals surface area contributed by atoms with Gasteiger partial charge in [-0.3, -0.25) is 0 Å². The molecule has 0 bridgehead atoms. The third-order valence-corrected chi connectivity index (χ3v) is 4.60. The van der Waals surface area contributed by atoms with Crippen LogP contribution in [0.4, 0.5) is 11.4 Å². The van der Waals surface area contributed by atoms with E-state index in [9.17, 15) is 0 Å². The van der Waals surface area contributed by atoms with Crippen LogP contribution in [0.2, 0.25) is 5.02 Å². The van der Waals surface area contributed by atoms with Crippen molar-refractivity contribution in [2.45, 2.75) is 19.8 Å². The van der Waals surface area contributed by atoms with E-state index in [-0.39, 0.29) is 0 Å². The van der Waals surface area contributed by atoms with E-state index in [1.807, 2.05) is 25.1 Å². The van der Waals surface area contributed by atoms with Crippen LogP contribution in [-0.4, -0.2) is 11.7 Å². The number of halogens is 1. The van der Waals surface area contributed by atoms with Crippen molar-refractivity contribution in [3.05, 3.63) is 58.6 Å². The zero-order chi connectivity index (χ0) is 14.8. The molecule has 21 heavy (non-hydrogen) atoms. The molecule has 1 heterocycles. The maximum Gasteiger partial charge on any atom is 0.177 e. The number of thiocarbonyl (C=S) groups is 1. The molecular formula is C17H17ClN2S. The van der Waals surface area contributed by atoms with Crippen molar-refractivity contribution in [3.8, 4) is 0 Å². The van der Waals surface area contributed by atoms with Crippen LogP contribution in [0.5, 0.6) is 0 Å². The number of rotatable bonds is 1. The molecule has 2 aromatic rings. The Kier molecular flexibility index (Phi) is 4.13. The van der Waals surface area contributed by atoms with Gasteiger partial charge in [-0.1, -0.05) is 35.9 Å². The van der Waals surface area contributed by atoms with E-state index >= 15 is 0 Å². The van der Waals surface area contributed by atoms with Gasteiger partial charge in [-0.15, -0.1) is 0 Å². The van der Waals surface area contributed by atoms with E-state index in [1.165, 1.54) is 11.3 Å². The number of para-hydroxylation sites is 1. The molecule has 0 amide bonds. The molecule has 2 nitrogen and oxygen atoms in total. The van der Waals surface area contributed by atoms with Crippen LogP contribution in [0.1, 0.15) is 17.5 Å². The predicted octanol–water partition coefficient (Wildman–Crippen LogP) is 4.80. The summed E-state index contributed by atoms with van der Waals surface area (Å²) in [5.41, 5.74) is 4.55. The van der Waals surface area contributed by atoms with Gasteiger partial charge in [0.1, 0.15) is 0 Å². The molecule has 0 unspecified atom stereocenters. The summed E-state index contributed by atoms with van der Waals surface area (Å²) in [5.74, 6) is 0. The number of fused-ring (bicyclic) bond motifs is 1. The monoisotopic (exact) mass is 316 g/mol. The first kappa shape index (κ1) is 14.4. The normalized spacial score (nSPS) is 13.7. The van der Waals surface area contributed by atoms with Crippen molar-refractivity contribution in [2.24, 2.45) is 0 Å². The average Bonchev–Trinajstić information content (AvgIpc) is 2.51. The first-order valence-electron chi connectivity index (χ1n) is 7.08. The number of benzene rings is 2. The Balaban J connectivity index is 1.85. The molecule has 0 saturated heterocycles. The fourth-order valence-corrected chi connectivity index (χ4v) is 3.14. The van der Waals surface area contributed by atoms with Gasteiger partial charge in [-0.25, -0.2) is 0 Å². The van der Waals surface area contributed by atoms with Gasteiger partial charge in [0.15, 0.2) is 5.11 Å². The molecule has 1 aliphatic heterocycles. The lowest BCUT2D eigenvalue weighted by Gasteiger charge is -2.32. The second kappa shape index (κ2) is 6.04. The van der Waals surface area contributed by atoms with E-state index < -0.39 is 0 Å². The predicted molar refractivity (Wildman–Crippen MR) is 94.5 cm³/mol. The molecule has 4 heteroatoms. The topological polar surface area (TPSA) is 15.3 Å². The van der Waals surface area contributed by atoms with Crippen LogP contribution in [0, 0.1) is 6.92 Å². The second-order valence-corrected chi connectivity index (χ2v) is 6.02. The van der Waals surface area contributed by atoms with Crippen molar-refractivity contribution in [3.63, 3.8) is 0 Å². The minimum Gasteiger partial charge on any atom is -0.332 e. The summed E-state index contributed by atoms with van der Waals surface area (Å²) in [6, 6.07) is 14.3. The van der Waals surface area contributed by atoms with Crippen molar-refractivity contribution in [1.29, 1.82) is 0 Å². The van der Waals surface area contributed by atoms with E-state index in [0.717, 1.165) is 40.8 Å². The van der Waals surface area contributed by atoms with Gasteiger partial charge >= 0.3 is 0 Å². The lowest BCUT2D eigenvalue weighted by molar-refractivity contribution is 0.780. The molecule has 0 spiro atoms. The highest BCUT2D eigenvalue weighted by Crippen LogP contribution is 2.28. The zero-order valence-corrected chi connectivity index (χ0v) is 13.5. The fraction of sp³-hybridized carbons (Fsp3) is 0.235. The van der Waals surface area contributed by atoms with Crippen molar-refractivity contribution < 1.29 is 0 Å². The van der Waals surface area contributed by atoms with Gasteiger partial charge < -0.3 is 10.2 Å². The maximum atomic E-state index is 6.17. The lowest BCUT2D eigenvalue weighted by atomic mass is 10.0. The molecule has 0 aliphatic carbocycles. The van der Waals surface area contributed by atoms with Crippen LogP contribution in [0.15, 0.2) is 42.5 Å². The Morgan fingerprint density at radius 3 is 2.86 bits per heavy atom. The molecule has 3 rings (SSSR count). The summed E-state index contributed by atoms with van der Waals surface area (Å²) in [6.45, 7) is 2.94. The highest BCUT2D eigenvalue weighted by Gasteiger charge is 2.20. The van der Waals surface area contributed by atoms with Crippen molar-refractivity contribution >= 4 is 40.3 Å². The van der Waals surface area contributed by atoms with Crippen LogP contribution < -0.4 is 10.2 Å². The largest absolute Gasteiger partial charge is 0.332 e. The first-order chi connectivity index (χ1) is 10.2. The average molecular weight is 317 g/mol. The molecule has 1 N–H and O–H groups in total. The summed E-state index contributed by atoms with van der Waals surface area (Å²) in [7, 11) is 0. The highest BCUT2D eigenvalue weighted by molar-refractivity contribution is 7.80. The molecule has 2 aromatic carbocycles. The van der Waals surface area contributed by atoms with Crippen LogP contribution in [0.25, 0.3) is 0 Å². The summed E-state index contributed by atoms with van der Waals surface area (Å²) < 4.78 is 0. The van der Waals surface area contributed by atoms with Gasteiger partial charge in [0, 0.05) is 22.9 Å². The number of hydrogen-bond acceptors (Lipinski definition) is 1. The molecule has 1 aliphatic rings. The van der Waals surface area contributed by atoms with E-state index in [1.54, 1.807) is 0 Å². The Labute approximate surface area is 135 Å². The number of nitrogens with zero attached hydrogens (tertiary/aromatic N) is 1. The first-order valence-corrected chi connectivity index (χ1v) is 7.87. The summed E-state index contributed by atoms with van der Waals surface area (Å²) in [6.07, 6.45) is 2.23. The van der Waals surface area contributed by atoms with E-state index in [4.69, 9.17) is 23.8 Å². The quantitative estimate of drug-likeness (QED) is 0.761. The maximum absolute atomic E-state index is 6.17. The van der Waals surface area contributed by atoms with Gasteiger partial charge in [-0.2, -0.15) is 0 Å². The van der Waals surface area contributed by atoms with Crippen LogP contribution in [-0.2, 0) is 6.42 Å². The molecule has 108 valence electrons. The third kappa shape index (κ3) is 2.89. The van der Waals surface area contributed by atoms with Gasteiger partial charge in [-0.05, 0) is 61.3 Å². The lowest BCUT2D eigenvalue weighted by Crippen LogP contribution is -2.38. The standard InChI is InChI=1S/C17H17ClN2S/c1-12-14(18)8-4-9-15(12)19-17(21)20-11-5-7-13-6-2-3-10-16(13)20/h2-4,6,8-10H,5,7,11H2,1H3,(H,19,21). The third-order valence-electron chi connectivity index (χ3n) is 3.86. The zero-order valence-electron chi connectivity index (χ0n) is 11.9. The number of aryl methyl sites for hydroxylation is 1. The smallest absolute Gasteiger partial charge is 0.177 e. The van der Waals surface area contributed by atoms with Crippen molar-refractivity contribution in [1.82, 2.24) is 0 Å². The summed E-state index contributed by atoms with van der Waals surface area (Å²) in [5, 5.41) is 4.82. The molecule has 0 aromatic heterocycles. The highest BCUT2D eigenvalue weighted by atomic mass is 35.5. The molecule has 0 atom stereocenters. The van der Waals surface area contributed by atoms with E-state index in [0.29, 0.717) is 0 Å². The Bertz CT molecular complexity index is 684. The number of hydrogen-bond donors (Lipinski definition) is 1. The van der Waals surface area contributed by atoms with Crippen molar-refractivity contribution in [2.75, 3.05) is 16.8 Å². The second-order valence-electron chi connectivity index (χ2n) is 5.23. The van der Waals surface area contributed by atoms with Gasteiger partial charge in [0.05, 0.1) is 0 Å². The Hall–Kier alpha value is -1.58. The van der Waals surface area contributed by atoms with E-state index in [2.05, 4.69) is 34.5 Å². The Morgan fingerprint density at radius 2 is 2.00 bits per heavy atom. The van der Waals surface area contributed by atoms with Gasteiger partial charge in [0.25, 0.3) is 0 Å². The fourth-order valence-electron chi connectivity index (χ4n) is 2.67. The SMILES string of the molecule is Cc1c(Cl)cccc1NC(=S)N1CCCc2ccccc21. The molecular weight excluding hydrogens is 300 g/mol. The molecule has 0 radical (unpaired) electrons. The van der Waals surface area contributed by atoms with Gasteiger partial charge in [0.2, 0.25) is 0 Å². The molecule has 0 saturated carbocycles. The van der Waals surface area contributed by atoms with Crippen LogP contribution >= 0.6 is 23.8 Å². The minimum atomic E-state index is 0.729. The minimum absolute atomic E-state index is 0.729. The summed E-state index contributed by atoms with van der Waals surface area (Å²) in [4.78, 5) is 2.18.